The molecule has 1 aromatic carbocycles. The number of aliphatic hydroxyl groups is 1. The van der Waals surface area contributed by atoms with Crippen molar-refractivity contribution in [2.24, 2.45) is 28.6 Å². The van der Waals surface area contributed by atoms with E-state index in [2.05, 4.69) is 6.92 Å². The van der Waals surface area contributed by atoms with Gasteiger partial charge in [0, 0.05) is 21.8 Å². The number of benzene rings is 1. The van der Waals surface area contributed by atoms with Gasteiger partial charge in [0.15, 0.2) is 11.4 Å². The summed E-state index contributed by atoms with van der Waals surface area (Å²) in [6, 6.07) is 5.38. The van der Waals surface area contributed by atoms with Crippen LogP contribution in [0.3, 0.4) is 0 Å². The van der Waals surface area contributed by atoms with Crippen molar-refractivity contribution in [1.29, 1.82) is 0 Å². The van der Waals surface area contributed by atoms with Crippen molar-refractivity contribution >= 4 is 39.4 Å². The van der Waals surface area contributed by atoms with Crippen LogP contribution >= 0.6 is 11.6 Å². The Labute approximate surface area is 264 Å². The third kappa shape index (κ3) is 5.67. The Morgan fingerprint density at radius 3 is 2.55 bits per heavy atom. The van der Waals surface area contributed by atoms with Gasteiger partial charge in [0.25, 0.3) is 10.1 Å². The number of fused-ring (bicyclic) bond motifs is 5. The lowest BCUT2D eigenvalue weighted by atomic mass is 9.46. The van der Waals surface area contributed by atoms with E-state index >= 15 is 0 Å². The number of carbonyl (C=O) groups excluding carboxylic acids is 3. The van der Waals surface area contributed by atoms with Crippen LogP contribution in [-0.4, -0.2) is 56.2 Å². The van der Waals surface area contributed by atoms with Crippen molar-refractivity contribution < 1.29 is 41.6 Å². The van der Waals surface area contributed by atoms with Crippen LogP contribution in [-0.2, 0) is 33.4 Å². The van der Waals surface area contributed by atoms with Gasteiger partial charge in [0.2, 0.25) is 5.78 Å². The standard InChI is InChI=1S/C33H41ClO9S/c1-4-5-6-17-41-30(38)43-33(28(37)20-42-44(39,40)24-10-8-22(34)9-11-24)16-14-26-25-12-7-21-18-23(35)13-15-31(21,2)29(25)27(36)19-32(26,33)3/h8-11,13,15,18,25-27,29,36H,4-7,12,14,16-17,19-20H2,1-3H3/t25-,26-,27?,29+,31-,32-,33-/m0/s1. The zero-order valence-corrected chi connectivity index (χ0v) is 27.0. The van der Waals surface area contributed by atoms with Gasteiger partial charge in [-0.1, -0.05) is 56.9 Å². The largest absolute Gasteiger partial charge is 0.509 e. The number of rotatable bonds is 10. The first-order valence-corrected chi connectivity index (χ1v) is 17.2. The van der Waals surface area contributed by atoms with Crippen LogP contribution in [0.15, 0.2) is 53.0 Å². The summed E-state index contributed by atoms with van der Waals surface area (Å²) in [5.74, 6) is -1.09. The molecule has 0 bridgehead atoms. The highest BCUT2D eigenvalue weighted by Crippen LogP contribution is 2.68. The SMILES string of the molecule is CCCCCOC(=O)O[C@]1(C(=O)COS(=O)(=O)c2ccc(Cl)cc2)CC[C@H]2[C@@H]3CCC4=CC(=O)C=C[C@]4(C)[C@H]3C(O)C[C@@]21C. The number of carbonyl (C=O) groups is 3. The van der Waals surface area contributed by atoms with E-state index in [1.165, 1.54) is 24.3 Å². The summed E-state index contributed by atoms with van der Waals surface area (Å²) in [5, 5.41) is 12.1. The number of ether oxygens (including phenoxy) is 2. The highest BCUT2D eigenvalue weighted by atomic mass is 35.5. The molecule has 0 saturated heterocycles. The van der Waals surface area contributed by atoms with Crippen LogP contribution in [0.4, 0.5) is 4.79 Å². The minimum absolute atomic E-state index is 0.0266. The number of unbranched alkanes of at least 4 members (excludes halogenated alkanes) is 2. The summed E-state index contributed by atoms with van der Waals surface area (Å²) in [7, 11) is -4.32. The maximum absolute atomic E-state index is 14.2. The third-order valence-corrected chi connectivity index (χ3v) is 12.3. The second kappa shape index (κ2) is 12.3. The van der Waals surface area contributed by atoms with E-state index in [-0.39, 0.29) is 47.9 Å². The molecule has 240 valence electrons. The molecule has 4 aliphatic carbocycles. The number of allylic oxidation sites excluding steroid dienone is 4. The fourth-order valence-corrected chi connectivity index (χ4v) is 9.59. The van der Waals surface area contributed by atoms with Gasteiger partial charge in [-0.15, -0.1) is 0 Å². The molecule has 1 aromatic rings. The zero-order chi connectivity index (χ0) is 31.9. The van der Waals surface area contributed by atoms with Crippen LogP contribution < -0.4 is 0 Å². The molecule has 3 saturated carbocycles. The van der Waals surface area contributed by atoms with E-state index in [0.29, 0.717) is 30.7 Å². The molecule has 44 heavy (non-hydrogen) atoms. The Balaban J connectivity index is 1.45. The van der Waals surface area contributed by atoms with Crippen LogP contribution in [0.1, 0.15) is 72.1 Å². The minimum atomic E-state index is -4.32. The van der Waals surface area contributed by atoms with Crippen molar-refractivity contribution in [1.82, 2.24) is 0 Å². The summed E-state index contributed by atoms with van der Waals surface area (Å²) in [6.45, 7) is 5.21. The molecule has 1 N–H and O–H groups in total. The Morgan fingerprint density at radius 1 is 1.11 bits per heavy atom. The molecule has 0 spiro atoms. The lowest BCUT2D eigenvalue weighted by Gasteiger charge is -2.59. The van der Waals surface area contributed by atoms with E-state index in [0.717, 1.165) is 18.4 Å². The highest BCUT2D eigenvalue weighted by Gasteiger charge is 2.70. The molecule has 3 fully saturated rings. The number of hydrogen-bond acceptors (Lipinski definition) is 9. The smallest absolute Gasteiger partial charge is 0.434 e. The predicted molar refractivity (Wildman–Crippen MR) is 162 cm³/mol. The number of aliphatic hydroxyl groups excluding tert-OH is 1. The number of halogens is 1. The summed E-state index contributed by atoms with van der Waals surface area (Å²) in [6.07, 6.45) is 7.90. The first-order valence-electron chi connectivity index (χ1n) is 15.4. The topological polar surface area (TPSA) is 133 Å². The van der Waals surface area contributed by atoms with Gasteiger partial charge in [0.05, 0.1) is 17.6 Å². The summed E-state index contributed by atoms with van der Waals surface area (Å²) < 4.78 is 42.5. The van der Waals surface area contributed by atoms with E-state index in [1.54, 1.807) is 12.2 Å². The van der Waals surface area contributed by atoms with Crippen molar-refractivity contribution in [2.45, 2.75) is 88.7 Å². The van der Waals surface area contributed by atoms with E-state index in [1.807, 2.05) is 19.9 Å². The van der Waals surface area contributed by atoms with Gasteiger partial charge in [-0.3, -0.25) is 13.8 Å². The fraction of sp³-hybridized carbons (Fsp3) is 0.606. The predicted octanol–water partition coefficient (Wildman–Crippen LogP) is 5.98. The maximum atomic E-state index is 14.2. The van der Waals surface area contributed by atoms with E-state index < -0.39 is 51.2 Å². The minimum Gasteiger partial charge on any atom is -0.434 e. The molecule has 7 atom stereocenters. The highest BCUT2D eigenvalue weighted by molar-refractivity contribution is 7.86. The van der Waals surface area contributed by atoms with Gasteiger partial charge in [-0.25, -0.2) is 4.79 Å². The molecule has 5 rings (SSSR count). The van der Waals surface area contributed by atoms with Crippen LogP contribution in [0.2, 0.25) is 5.02 Å². The van der Waals surface area contributed by atoms with Crippen LogP contribution in [0.25, 0.3) is 0 Å². The molecule has 0 aromatic heterocycles. The van der Waals surface area contributed by atoms with E-state index in [9.17, 15) is 27.9 Å². The quantitative estimate of drug-likeness (QED) is 0.185. The Morgan fingerprint density at radius 2 is 1.84 bits per heavy atom. The summed E-state index contributed by atoms with van der Waals surface area (Å²) in [5.41, 5.74) is -2.30. The van der Waals surface area contributed by atoms with Crippen molar-refractivity contribution in [3.8, 4) is 0 Å². The zero-order valence-electron chi connectivity index (χ0n) is 25.4. The monoisotopic (exact) mass is 648 g/mol. The van der Waals surface area contributed by atoms with Crippen LogP contribution in [0.5, 0.6) is 0 Å². The van der Waals surface area contributed by atoms with Crippen molar-refractivity contribution in [2.75, 3.05) is 13.2 Å². The normalized spacial score (nSPS) is 34.4. The molecular weight excluding hydrogens is 608 g/mol. The molecule has 4 aliphatic rings. The van der Waals surface area contributed by atoms with Crippen molar-refractivity contribution in [3.63, 3.8) is 0 Å². The first-order chi connectivity index (χ1) is 20.8. The Kier molecular flexibility index (Phi) is 9.22. The average Bonchev–Trinajstić information content (AvgIpc) is 3.26. The van der Waals surface area contributed by atoms with Gasteiger partial charge >= 0.3 is 6.16 Å². The van der Waals surface area contributed by atoms with Gasteiger partial charge in [-0.2, -0.15) is 8.42 Å². The summed E-state index contributed by atoms with van der Waals surface area (Å²) in [4.78, 5) is 39.3. The van der Waals surface area contributed by atoms with E-state index in [4.69, 9.17) is 25.3 Å². The molecule has 1 unspecified atom stereocenters. The average molecular weight is 649 g/mol. The second-order valence-electron chi connectivity index (χ2n) is 13.1. The lowest BCUT2D eigenvalue weighted by molar-refractivity contribution is -0.183. The molecule has 0 radical (unpaired) electrons. The fourth-order valence-electron chi connectivity index (χ4n) is 8.59. The first kappa shape index (κ1) is 32.9. The Hall–Kier alpha value is -2.53. The molecule has 11 heteroatoms. The van der Waals surface area contributed by atoms with Crippen LogP contribution in [0, 0.1) is 28.6 Å². The second-order valence-corrected chi connectivity index (χ2v) is 15.1. The lowest BCUT2D eigenvalue weighted by Crippen LogP contribution is -2.63. The number of Topliss-reactive ketones (excluding diaryl/α,β-unsaturated/α-hetero) is 1. The third-order valence-electron chi connectivity index (χ3n) is 10.7. The molecule has 9 nitrogen and oxygen atoms in total. The molecule has 0 aliphatic heterocycles. The Bertz CT molecular complexity index is 1470. The maximum Gasteiger partial charge on any atom is 0.509 e. The summed E-state index contributed by atoms with van der Waals surface area (Å²) >= 11 is 5.90. The number of ketones is 2. The molecule has 0 amide bonds. The van der Waals surface area contributed by atoms with Gasteiger partial charge in [0.1, 0.15) is 6.61 Å². The van der Waals surface area contributed by atoms with Gasteiger partial charge < -0.3 is 14.6 Å². The molecular formula is C33H41ClO9S. The van der Waals surface area contributed by atoms with Gasteiger partial charge in [-0.05, 0) is 86.8 Å². The molecule has 0 heterocycles. The number of hydrogen-bond donors (Lipinski definition) is 1. The van der Waals surface area contributed by atoms with Crippen molar-refractivity contribution in [3.05, 3.63) is 53.1 Å².